The van der Waals surface area contributed by atoms with E-state index in [0.717, 1.165) is 43.3 Å². The predicted molar refractivity (Wildman–Crippen MR) is 95.7 cm³/mol. The molecule has 1 aromatic carbocycles. The average Bonchev–Trinajstić information content (AvgIpc) is 2.94. The Bertz CT molecular complexity index is 678. The number of ether oxygens (including phenoxy) is 1. The minimum atomic E-state index is 0.201. The van der Waals surface area contributed by atoms with E-state index in [0.29, 0.717) is 6.54 Å². The Morgan fingerprint density at radius 3 is 2.08 bits per heavy atom. The summed E-state index contributed by atoms with van der Waals surface area (Å²) in [5, 5.41) is 0. The zero-order chi connectivity index (χ0) is 17.1. The number of hydrogen-bond donors (Lipinski definition) is 0. The number of carbonyl (C=O) groups excluding carboxylic acids is 1. The van der Waals surface area contributed by atoms with Gasteiger partial charge in [-0.3, -0.25) is 4.79 Å². The van der Waals surface area contributed by atoms with Gasteiger partial charge in [-0.1, -0.05) is 0 Å². The Labute approximate surface area is 143 Å². The maximum absolute atomic E-state index is 12.6. The first-order valence-electron chi connectivity index (χ1n) is 8.38. The van der Waals surface area contributed by atoms with Gasteiger partial charge in [0.05, 0.1) is 7.11 Å². The zero-order valence-corrected chi connectivity index (χ0v) is 14.7. The number of benzene rings is 1. The monoisotopic (exact) mass is 327 g/mol. The van der Waals surface area contributed by atoms with Crippen LogP contribution in [-0.4, -0.2) is 48.7 Å². The van der Waals surface area contributed by atoms with Crippen molar-refractivity contribution in [2.75, 3.05) is 38.2 Å². The fourth-order valence-corrected chi connectivity index (χ4v) is 3.19. The normalized spacial score (nSPS) is 14.8. The lowest BCUT2D eigenvalue weighted by Gasteiger charge is -2.36. The van der Waals surface area contributed by atoms with Crippen LogP contribution >= 0.6 is 0 Å². The predicted octanol–water partition coefficient (Wildman–Crippen LogP) is 2.46. The first-order valence-corrected chi connectivity index (χ1v) is 8.38. The summed E-state index contributed by atoms with van der Waals surface area (Å²) in [6.45, 7) is 7.79. The number of aryl methyl sites for hydroxylation is 2. The quantitative estimate of drug-likeness (QED) is 0.866. The van der Waals surface area contributed by atoms with Crippen LogP contribution in [0, 0.1) is 13.8 Å². The Balaban J connectivity index is 1.57. The van der Waals surface area contributed by atoms with Crippen LogP contribution in [0.2, 0.25) is 0 Å². The number of carbonyl (C=O) groups is 1. The maximum atomic E-state index is 12.6. The van der Waals surface area contributed by atoms with E-state index >= 15 is 0 Å². The van der Waals surface area contributed by atoms with Gasteiger partial charge in [-0.2, -0.15) is 0 Å². The van der Waals surface area contributed by atoms with Crippen molar-refractivity contribution in [2.45, 2.75) is 20.4 Å². The largest absolute Gasteiger partial charge is 0.497 e. The number of nitrogens with zero attached hydrogens (tertiary/aromatic N) is 3. The summed E-state index contributed by atoms with van der Waals surface area (Å²) in [6.07, 6.45) is 0. The molecule has 1 aromatic heterocycles. The van der Waals surface area contributed by atoms with Crippen molar-refractivity contribution < 1.29 is 9.53 Å². The second-order valence-corrected chi connectivity index (χ2v) is 6.27. The van der Waals surface area contributed by atoms with Gasteiger partial charge in [0.25, 0.3) is 0 Å². The highest BCUT2D eigenvalue weighted by Gasteiger charge is 2.22. The number of rotatable bonds is 4. The third-order valence-electron chi connectivity index (χ3n) is 4.78. The molecule has 0 spiro atoms. The highest BCUT2D eigenvalue weighted by atomic mass is 16.5. The second-order valence-electron chi connectivity index (χ2n) is 6.27. The fraction of sp³-hybridized carbons (Fsp3) is 0.421. The standard InChI is InChI=1S/C19H25N3O2/c1-15-4-5-16(2)22(15)14-19(23)21-12-10-20(11-13-21)17-6-8-18(24-3)9-7-17/h4-9H,10-14H2,1-3H3. The molecule has 5 nitrogen and oxygen atoms in total. The van der Waals surface area contributed by atoms with Crippen LogP contribution in [0.25, 0.3) is 0 Å². The molecule has 2 aromatic rings. The molecular weight excluding hydrogens is 302 g/mol. The topological polar surface area (TPSA) is 37.7 Å². The number of methoxy groups -OCH3 is 1. The highest BCUT2D eigenvalue weighted by Crippen LogP contribution is 2.20. The Morgan fingerprint density at radius 2 is 1.54 bits per heavy atom. The summed E-state index contributed by atoms with van der Waals surface area (Å²) < 4.78 is 7.28. The second kappa shape index (κ2) is 6.99. The smallest absolute Gasteiger partial charge is 0.242 e. The molecular formula is C19H25N3O2. The Kier molecular flexibility index (Phi) is 4.79. The SMILES string of the molecule is COc1ccc(N2CCN(C(=O)Cn3c(C)ccc3C)CC2)cc1. The third-order valence-corrected chi connectivity index (χ3v) is 4.78. The van der Waals surface area contributed by atoms with Gasteiger partial charge in [0.2, 0.25) is 5.91 Å². The molecule has 128 valence electrons. The lowest BCUT2D eigenvalue weighted by atomic mass is 10.2. The number of anilines is 1. The number of hydrogen-bond acceptors (Lipinski definition) is 3. The van der Waals surface area contributed by atoms with Crippen LogP contribution in [0.5, 0.6) is 5.75 Å². The van der Waals surface area contributed by atoms with E-state index in [2.05, 4.69) is 33.7 Å². The summed E-state index contributed by atoms with van der Waals surface area (Å²) in [5.41, 5.74) is 3.45. The van der Waals surface area contributed by atoms with E-state index in [4.69, 9.17) is 4.74 Å². The first kappa shape index (κ1) is 16.4. The molecule has 2 heterocycles. The Hall–Kier alpha value is -2.43. The van der Waals surface area contributed by atoms with E-state index in [1.165, 1.54) is 5.69 Å². The lowest BCUT2D eigenvalue weighted by Crippen LogP contribution is -2.49. The lowest BCUT2D eigenvalue weighted by molar-refractivity contribution is -0.132. The van der Waals surface area contributed by atoms with Crippen LogP contribution in [0.15, 0.2) is 36.4 Å². The van der Waals surface area contributed by atoms with Gasteiger partial charge in [0.1, 0.15) is 12.3 Å². The van der Waals surface area contributed by atoms with E-state index in [9.17, 15) is 4.79 Å². The van der Waals surface area contributed by atoms with Crippen LogP contribution in [0.4, 0.5) is 5.69 Å². The molecule has 0 aliphatic carbocycles. The summed E-state index contributed by atoms with van der Waals surface area (Å²) >= 11 is 0. The molecule has 5 heteroatoms. The number of piperazine rings is 1. The van der Waals surface area contributed by atoms with Crippen molar-refractivity contribution in [3.63, 3.8) is 0 Å². The van der Waals surface area contributed by atoms with Crippen LogP contribution in [0.1, 0.15) is 11.4 Å². The molecule has 1 aliphatic rings. The van der Waals surface area contributed by atoms with Crippen molar-refractivity contribution in [1.29, 1.82) is 0 Å². The molecule has 1 amide bonds. The van der Waals surface area contributed by atoms with Gasteiger partial charge in [0.15, 0.2) is 0 Å². The molecule has 0 unspecified atom stereocenters. The van der Waals surface area contributed by atoms with Crippen molar-refractivity contribution >= 4 is 11.6 Å². The molecule has 0 bridgehead atoms. The number of aromatic nitrogens is 1. The van der Waals surface area contributed by atoms with Crippen molar-refractivity contribution in [1.82, 2.24) is 9.47 Å². The van der Waals surface area contributed by atoms with Crippen LogP contribution < -0.4 is 9.64 Å². The maximum Gasteiger partial charge on any atom is 0.242 e. The average molecular weight is 327 g/mol. The summed E-state index contributed by atoms with van der Waals surface area (Å²) in [6, 6.07) is 12.2. The molecule has 3 rings (SSSR count). The van der Waals surface area contributed by atoms with Crippen molar-refractivity contribution in [3.05, 3.63) is 47.8 Å². The van der Waals surface area contributed by atoms with E-state index in [-0.39, 0.29) is 5.91 Å². The van der Waals surface area contributed by atoms with Gasteiger partial charge in [-0.25, -0.2) is 0 Å². The highest BCUT2D eigenvalue weighted by molar-refractivity contribution is 5.76. The molecule has 24 heavy (non-hydrogen) atoms. The summed E-state index contributed by atoms with van der Waals surface area (Å²) in [5.74, 6) is 1.07. The zero-order valence-electron chi connectivity index (χ0n) is 14.7. The van der Waals surface area contributed by atoms with Gasteiger partial charge in [-0.15, -0.1) is 0 Å². The van der Waals surface area contributed by atoms with E-state index in [1.807, 2.05) is 30.9 Å². The van der Waals surface area contributed by atoms with E-state index < -0.39 is 0 Å². The van der Waals surface area contributed by atoms with Gasteiger partial charge < -0.3 is 19.1 Å². The fourth-order valence-electron chi connectivity index (χ4n) is 3.19. The third kappa shape index (κ3) is 3.40. The van der Waals surface area contributed by atoms with Crippen molar-refractivity contribution in [3.8, 4) is 5.75 Å². The molecule has 0 radical (unpaired) electrons. The molecule has 0 atom stereocenters. The Morgan fingerprint density at radius 1 is 0.958 bits per heavy atom. The summed E-state index contributed by atoms with van der Waals surface area (Å²) in [7, 11) is 1.67. The molecule has 0 saturated carbocycles. The van der Waals surface area contributed by atoms with Gasteiger partial charge in [-0.05, 0) is 50.2 Å². The van der Waals surface area contributed by atoms with Crippen LogP contribution in [0.3, 0.4) is 0 Å². The summed E-state index contributed by atoms with van der Waals surface area (Å²) in [4.78, 5) is 16.9. The number of amides is 1. The molecule has 1 saturated heterocycles. The minimum absolute atomic E-state index is 0.201. The first-order chi connectivity index (χ1) is 11.6. The van der Waals surface area contributed by atoms with Gasteiger partial charge >= 0.3 is 0 Å². The van der Waals surface area contributed by atoms with Crippen molar-refractivity contribution in [2.24, 2.45) is 0 Å². The minimum Gasteiger partial charge on any atom is -0.497 e. The van der Waals surface area contributed by atoms with E-state index in [1.54, 1.807) is 7.11 Å². The molecule has 1 fully saturated rings. The van der Waals surface area contributed by atoms with Gasteiger partial charge in [0, 0.05) is 43.3 Å². The molecule has 0 N–H and O–H groups in total. The molecule has 1 aliphatic heterocycles. The van der Waals surface area contributed by atoms with Crippen LogP contribution in [-0.2, 0) is 11.3 Å².